The van der Waals surface area contributed by atoms with E-state index in [1.165, 1.54) is 0 Å². The van der Waals surface area contributed by atoms with Crippen LogP contribution in [0.5, 0.6) is 0 Å². The second kappa shape index (κ2) is 6.52. The third-order valence-electron chi connectivity index (χ3n) is 1.87. The highest BCUT2D eigenvalue weighted by molar-refractivity contribution is 5.87. The van der Waals surface area contributed by atoms with E-state index in [1.807, 2.05) is 13.8 Å². The first-order valence-corrected chi connectivity index (χ1v) is 4.77. The summed E-state index contributed by atoms with van der Waals surface area (Å²) in [5.74, 6) is -0.942. The Labute approximate surface area is 79.1 Å². The minimum atomic E-state index is -0.987. The fraction of sp³-hybridized carbons (Fsp3) is 0.700. The second-order valence-electron chi connectivity index (χ2n) is 3.08. The molecule has 0 amide bonds. The van der Waals surface area contributed by atoms with E-state index in [-0.39, 0.29) is 11.3 Å². The first kappa shape index (κ1) is 12.0. The maximum Gasteiger partial charge on any atom is 0.334 e. The van der Waals surface area contributed by atoms with Gasteiger partial charge in [0.2, 0.25) is 0 Å². The van der Waals surface area contributed by atoms with Crippen molar-refractivity contribution in [2.45, 2.75) is 46.0 Å². The van der Waals surface area contributed by atoms with Gasteiger partial charge >= 0.3 is 5.97 Å². The maximum absolute atomic E-state index is 10.7. The number of rotatable bonds is 6. The Balaban J connectivity index is 4.37. The van der Waals surface area contributed by atoms with Gasteiger partial charge in [0, 0.05) is 6.42 Å². The van der Waals surface area contributed by atoms with Crippen LogP contribution in [0.15, 0.2) is 11.3 Å². The summed E-state index contributed by atoms with van der Waals surface area (Å²) in [6, 6.07) is 0. The number of carboxylic acids is 1. The third-order valence-corrected chi connectivity index (χ3v) is 1.87. The number of aliphatic hydroxyl groups excluding tert-OH is 1. The van der Waals surface area contributed by atoms with Crippen LogP contribution in [0, 0.1) is 0 Å². The van der Waals surface area contributed by atoms with Gasteiger partial charge in [0.1, 0.15) is 5.76 Å². The minimum absolute atomic E-state index is 0.0449. The molecule has 0 aliphatic heterocycles. The van der Waals surface area contributed by atoms with Gasteiger partial charge < -0.3 is 10.2 Å². The molecule has 2 N–H and O–H groups in total. The zero-order chi connectivity index (χ0) is 10.3. The molecule has 13 heavy (non-hydrogen) atoms. The van der Waals surface area contributed by atoms with Crippen molar-refractivity contribution in [3.05, 3.63) is 11.3 Å². The van der Waals surface area contributed by atoms with Crippen LogP contribution >= 0.6 is 0 Å². The van der Waals surface area contributed by atoms with Gasteiger partial charge in [0.25, 0.3) is 0 Å². The average molecular weight is 186 g/mol. The molecule has 0 aliphatic carbocycles. The molecule has 3 heteroatoms. The summed E-state index contributed by atoms with van der Waals surface area (Å²) in [7, 11) is 0. The molecule has 0 heterocycles. The number of carbonyl (C=O) groups is 1. The molecule has 0 aromatic heterocycles. The zero-order valence-corrected chi connectivity index (χ0v) is 8.34. The summed E-state index contributed by atoms with van der Waals surface area (Å²) in [4.78, 5) is 10.7. The normalized spacial score (nSPS) is 12.5. The molecule has 3 nitrogen and oxygen atoms in total. The highest BCUT2D eigenvalue weighted by Crippen LogP contribution is 2.14. The molecule has 0 atom stereocenters. The Bertz CT molecular complexity index is 194. The van der Waals surface area contributed by atoms with Gasteiger partial charge in [-0.1, -0.05) is 20.3 Å². The van der Waals surface area contributed by atoms with Crippen LogP contribution in [0.25, 0.3) is 0 Å². The molecule has 0 spiro atoms. The molecule has 0 saturated carbocycles. The lowest BCUT2D eigenvalue weighted by atomic mass is 10.1. The number of unbranched alkanes of at least 4 members (excludes halogenated alkanes) is 1. The van der Waals surface area contributed by atoms with Gasteiger partial charge in [-0.15, -0.1) is 0 Å². The highest BCUT2D eigenvalue weighted by Gasteiger charge is 2.12. The largest absolute Gasteiger partial charge is 0.512 e. The maximum atomic E-state index is 10.7. The van der Waals surface area contributed by atoms with Gasteiger partial charge in [-0.3, -0.25) is 0 Å². The summed E-state index contributed by atoms with van der Waals surface area (Å²) in [6.45, 7) is 3.91. The van der Waals surface area contributed by atoms with Crippen LogP contribution in [-0.2, 0) is 4.79 Å². The quantitative estimate of drug-likeness (QED) is 0.495. The number of aliphatic hydroxyl groups is 1. The second-order valence-corrected chi connectivity index (χ2v) is 3.08. The van der Waals surface area contributed by atoms with Crippen LogP contribution in [0.3, 0.4) is 0 Å². The van der Waals surface area contributed by atoms with E-state index in [1.54, 1.807) is 0 Å². The van der Waals surface area contributed by atoms with E-state index in [0.29, 0.717) is 12.8 Å². The molecule has 76 valence electrons. The highest BCUT2D eigenvalue weighted by atomic mass is 16.4. The van der Waals surface area contributed by atoms with Gasteiger partial charge in [0.15, 0.2) is 0 Å². The van der Waals surface area contributed by atoms with Crippen LogP contribution in [0.4, 0.5) is 0 Å². The van der Waals surface area contributed by atoms with Crippen molar-refractivity contribution in [2.24, 2.45) is 0 Å². The predicted octanol–water partition coefficient (Wildman–Crippen LogP) is 2.87. The molecule has 0 unspecified atom stereocenters. The Morgan fingerprint density at radius 1 is 1.08 bits per heavy atom. The molecule has 0 rings (SSSR count). The van der Waals surface area contributed by atoms with E-state index in [4.69, 9.17) is 5.11 Å². The molecule has 0 fully saturated rings. The third kappa shape index (κ3) is 4.55. The van der Waals surface area contributed by atoms with Crippen LogP contribution in [-0.4, -0.2) is 16.2 Å². The standard InChI is InChI=1S/C10H18O3/c1-3-5-7-8(10(12)13)9(11)6-4-2/h11H,3-7H2,1-2H3,(H,12,13). The Morgan fingerprint density at radius 3 is 2.08 bits per heavy atom. The molecular weight excluding hydrogens is 168 g/mol. The summed E-state index contributed by atoms with van der Waals surface area (Å²) < 4.78 is 0. The number of allylic oxidation sites excluding steroid dienone is 1. The van der Waals surface area contributed by atoms with Crippen molar-refractivity contribution in [1.29, 1.82) is 0 Å². The summed E-state index contributed by atoms with van der Waals surface area (Å²) in [6.07, 6.45) is 3.46. The molecular formula is C10H18O3. The van der Waals surface area contributed by atoms with Crippen LogP contribution in [0.2, 0.25) is 0 Å². The molecule has 0 bridgehead atoms. The molecule has 0 radical (unpaired) electrons. The van der Waals surface area contributed by atoms with Gasteiger partial charge in [-0.2, -0.15) is 0 Å². The monoisotopic (exact) mass is 186 g/mol. The molecule has 0 aliphatic rings. The van der Waals surface area contributed by atoms with Gasteiger partial charge in [-0.25, -0.2) is 4.79 Å². The van der Waals surface area contributed by atoms with Crippen molar-refractivity contribution < 1.29 is 15.0 Å². The summed E-state index contributed by atoms with van der Waals surface area (Å²) in [5.41, 5.74) is 0.184. The van der Waals surface area contributed by atoms with E-state index in [2.05, 4.69) is 0 Å². The van der Waals surface area contributed by atoms with E-state index in [9.17, 15) is 9.90 Å². The lowest BCUT2D eigenvalue weighted by molar-refractivity contribution is -0.133. The fourth-order valence-corrected chi connectivity index (χ4v) is 1.12. The van der Waals surface area contributed by atoms with Gasteiger partial charge in [-0.05, 0) is 19.3 Å². The van der Waals surface area contributed by atoms with E-state index >= 15 is 0 Å². The van der Waals surface area contributed by atoms with Crippen molar-refractivity contribution in [3.63, 3.8) is 0 Å². The van der Waals surface area contributed by atoms with Crippen molar-refractivity contribution >= 4 is 5.97 Å². The van der Waals surface area contributed by atoms with Crippen molar-refractivity contribution in [1.82, 2.24) is 0 Å². The van der Waals surface area contributed by atoms with Crippen molar-refractivity contribution in [2.75, 3.05) is 0 Å². The Kier molecular flexibility index (Phi) is 6.02. The molecule has 0 aromatic rings. The van der Waals surface area contributed by atoms with Crippen LogP contribution in [0.1, 0.15) is 46.0 Å². The summed E-state index contributed by atoms with van der Waals surface area (Å²) in [5, 5.41) is 18.2. The molecule has 0 saturated heterocycles. The van der Waals surface area contributed by atoms with Crippen LogP contribution < -0.4 is 0 Å². The van der Waals surface area contributed by atoms with Gasteiger partial charge in [0.05, 0.1) is 5.57 Å². The van der Waals surface area contributed by atoms with E-state index in [0.717, 1.165) is 19.3 Å². The number of hydrogen-bond acceptors (Lipinski definition) is 2. The van der Waals surface area contributed by atoms with Crippen molar-refractivity contribution in [3.8, 4) is 0 Å². The summed E-state index contributed by atoms with van der Waals surface area (Å²) >= 11 is 0. The number of carboxylic acid groups (broad SMARTS) is 1. The Morgan fingerprint density at radius 2 is 1.69 bits per heavy atom. The number of aliphatic carboxylic acids is 1. The first-order chi connectivity index (χ1) is 6.13. The topological polar surface area (TPSA) is 57.5 Å². The molecule has 0 aromatic carbocycles. The lowest BCUT2D eigenvalue weighted by Gasteiger charge is -2.04. The predicted molar refractivity (Wildman–Crippen MR) is 51.7 cm³/mol. The minimum Gasteiger partial charge on any atom is -0.512 e. The average Bonchev–Trinajstić information content (AvgIpc) is 2.05. The lowest BCUT2D eigenvalue weighted by Crippen LogP contribution is -2.04. The fourth-order valence-electron chi connectivity index (χ4n) is 1.12. The SMILES string of the molecule is CCCCC(C(=O)O)=C(O)CCC. The first-order valence-electron chi connectivity index (χ1n) is 4.77. The number of hydrogen-bond donors (Lipinski definition) is 2. The van der Waals surface area contributed by atoms with E-state index < -0.39 is 5.97 Å². The smallest absolute Gasteiger partial charge is 0.334 e. The Hall–Kier alpha value is -0.990. The zero-order valence-electron chi connectivity index (χ0n) is 8.34.